The number of carbonyl (C=O) groups is 1. The predicted octanol–water partition coefficient (Wildman–Crippen LogP) is 3.18. The zero-order valence-electron chi connectivity index (χ0n) is 13.5. The number of para-hydroxylation sites is 2. The Morgan fingerprint density at radius 1 is 1.31 bits per heavy atom. The molecular weight excluding hydrogens is 440 g/mol. The summed E-state index contributed by atoms with van der Waals surface area (Å²) in [5.74, 6) is -0.0555. The molecule has 0 bridgehead atoms. The van der Waals surface area contributed by atoms with Crippen molar-refractivity contribution >= 4 is 60.2 Å². The molecule has 7 nitrogen and oxygen atoms in total. The second-order valence-electron chi connectivity index (χ2n) is 5.92. The summed E-state index contributed by atoms with van der Waals surface area (Å²) < 4.78 is 28.0. The fourth-order valence-corrected chi connectivity index (χ4v) is 6.85. The number of nitrogens with zero attached hydrogens (tertiary/aromatic N) is 2. The Morgan fingerprint density at radius 3 is 2.85 bits per heavy atom. The molecule has 1 aromatic carbocycles. The van der Waals surface area contributed by atoms with E-state index in [1.807, 2.05) is 24.3 Å². The number of benzene rings is 1. The van der Waals surface area contributed by atoms with Crippen LogP contribution in [-0.4, -0.2) is 41.2 Å². The topological polar surface area (TPSA) is 95.2 Å². The predicted molar refractivity (Wildman–Crippen MR) is 104 cm³/mol. The summed E-state index contributed by atoms with van der Waals surface area (Å²) in [6.07, 6.45) is 1.13. The van der Waals surface area contributed by atoms with Crippen molar-refractivity contribution in [2.75, 3.05) is 11.9 Å². The molecule has 0 radical (unpaired) electrons. The maximum Gasteiger partial charge on any atom is 0.253 e. The van der Waals surface area contributed by atoms with E-state index in [0.717, 1.165) is 26.2 Å². The number of hydrogen-bond acceptors (Lipinski definition) is 5. The number of H-pyrrole nitrogens is 1. The van der Waals surface area contributed by atoms with Gasteiger partial charge in [-0.2, -0.15) is 4.31 Å². The molecular formula is C16H15BrN4O3S2. The Balaban J connectivity index is 1.56. The first-order chi connectivity index (χ1) is 12.4. The lowest BCUT2D eigenvalue weighted by atomic mass is 10.2. The van der Waals surface area contributed by atoms with E-state index >= 15 is 0 Å². The molecule has 1 unspecified atom stereocenters. The number of anilines is 1. The molecule has 0 spiro atoms. The number of aromatic nitrogens is 2. The van der Waals surface area contributed by atoms with Crippen LogP contribution in [0.3, 0.4) is 0 Å². The van der Waals surface area contributed by atoms with Gasteiger partial charge in [-0.3, -0.25) is 10.1 Å². The number of carbonyl (C=O) groups excluding carboxylic acids is 1. The van der Waals surface area contributed by atoms with Crippen molar-refractivity contribution < 1.29 is 13.2 Å². The second-order valence-corrected chi connectivity index (χ2v) is 10.5. The van der Waals surface area contributed by atoms with Crippen molar-refractivity contribution in [3.05, 3.63) is 40.2 Å². The van der Waals surface area contributed by atoms with Gasteiger partial charge in [0.2, 0.25) is 11.9 Å². The van der Waals surface area contributed by atoms with Crippen molar-refractivity contribution in [3.8, 4) is 0 Å². The van der Waals surface area contributed by atoms with Gasteiger partial charge in [0, 0.05) is 6.54 Å². The lowest BCUT2D eigenvalue weighted by Crippen LogP contribution is -2.43. The lowest BCUT2D eigenvalue weighted by Gasteiger charge is -2.22. The van der Waals surface area contributed by atoms with Crippen molar-refractivity contribution in [2.24, 2.45) is 0 Å². The molecule has 1 aliphatic heterocycles. The molecule has 4 rings (SSSR count). The summed E-state index contributed by atoms with van der Waals surface area (Å²) in [5.41, 5.74) is 1.55. The monoisotopic (exact) mass is 454 g/mol. The van der Waals surface area contributed by atoms with Gasteiger partial charge in [-0.15, -0.1) is 11.3 Å². The minimum atomic E-state index is -3.70. The smallest absolute Gasteiger partial charge is 0.253 e. The van der Waals surface area contributed by atoms with E-state index in [0.29, 0.717) is 25.3 Å². The first-order valence-electron chi connectivity index (χ1n) is 7.98. The average molecular weight is 455 g/mol. The summed E-state index contributed by atoms with van der Waals surface area (Å²) >= 11 is 4.42. The highest BCUT2D eigenvalue weighted by molar-refractivity contribution is 9.11. The van der Waals surface area contributed by atoms with E-state index < -0.39 is 16.1 Å². The normalized spacial score (nSPS) is 18.4. The molecule has 3 heterocycles. The molecule has 10 heteroatoms. The van der Waals surface area contributed by atoms with E-state index in [1.54, 1.807) is 12.1 Å². The Hall–Kier alpha value is -1.75. The van der Waals surface area contributed by atoms with Crippen LogP contribution in [-0.2, 0) is 14.8 Å². The number of imidazole rings is 1. The molecule has 2 N–H and O–H groups in total. The third-order valence-corrected chi connectivity index (χ3v) is 8.25. The van der Waals surface area contributed by atoms with Crippen LogP contribution in [0, 0.1) is 0 Å². The molecule has 26 heavy (non-hydrogen) atoms. The van der Waals surface area contributed by atoms with Crippen LogP contribution in [0.5, 0.6) is 0 Å². The molecule has 0 saturated carbocycles. The van der Waals surface area contributed by atoms with Crippen molar-refractivity contribution in [1.82, 2.24) is 14.3 Å². The van der Waals surface area contributed by atoms with Gasteiger partial charge >= 0.3 is 0 Å². The minimum absolute atomic E-state index is 0.229. The SMILES string of the molecule is O=C(Nc1nc2ccccc2[nH]1)C1CCCN1S(=O)(=O)c1ccc(Br)s1. The third kappa shape index (κ3) is 3.18. The Labute approximate surface area is 162 Å². The first kappa shape index (κ1) is 17.7. The van der Waals surface area contributed by atoms with Crippen LogP contribution in [0.1, 0.15) is 12.8 Å². The van der Waals surface area contributed by atoms with E-state index in [9.17, 15) is 13.2 Å². The number of amides is 1. The van der Waals surface area contributed by atoms with Crippen LogP contribution < -0.4 is 5.32 Å². The molecule has 1 atom stereocenters. The van der Waals surface area contributed by atoms with Gasteiger partial charge in [-0.25, -0.2) is 13.4 Å². The standard InChI is InChI=1S/C16H15BrN4O3S2/c17-13-7-8-14(25-13)26(23,24)21-9-3-6-12(21)15(22)20-16-18-10-4-1-2-5-11(10)19-16/h1-2,4-5,7-8,12H,3,6,9H2,(H2,18,19,20,22). The van der Waals surface area contributed by atoms with Gasteiger partial charge in [0.1, 0.15) is 10.3 Å². The fraction of sp³-hybridized carbons (Fsp3) is 0.250. The Kier molecular flexibility index (Phi) is 4.59. The molecule has 2 aromatic heterocycles. The van der Waals surface area contributed by atoms with E-state index in [1.165, 1.54) is 4.31 Å². The van der Waals surface area contributed by atoms with Crippen molar-refractivity contribution in [3.63, 3.8) is 0 Å². The lowest BCUT2D eigenvalue weighted by molar-refractivity contribution is -0.119. The summed E-state index contributed by atoms with van der Waals surface area (Å²) in [6, 6.07) is 9.93. The van der Waals surface area contributed by atoms with E-state index in [-0.39, 0.29) is 10.1 Å². The molecule has 0 aliphatic carbocycles. The maximum atomic E-state index is 12.9. The number of halogens is 1. The maximum absolute atomic E-state index is 12.9. The third-order valence-electron chi connectivity index (χ3n) is 4.25. The molecule has 3 aromatic rings. The van der Waals surface area contributed by atoms with Gasteiger partial charge in [-0.05, 0) is 53.0 Å². The quantitative estimate of drug-likeness (QED) is 0.632. The van der Waals surface area contributed by atoms with Gasteiger partial charge in [0.05, 0.1) is 14.8 Å². The second kappa shape index (κ2) is 6.76. The zero-order chi connectivity index (χ0) is 18.3. The number of nitrogens with one attached hydrogen (secondary N) is 2. The van der Waals surface area contributed by atoms with Gasteiger partial charge in [0.25, 0.3) is 10.0 Å². The van der Waals surface area contributed by atoms with Gasteiger partial charge in [0.15, 0.2) is 0 Å². The summed E-state index contributed by atoms with van der Waals surface area (Å²) in [7, 11) is -3.70. The van der Waals surface area contributed by atoms with Gasteiger partial charge < -0.3 is 4.98 Å². The molecule has 1 fully saturated rings. The first-order valence-corrected chi connectivity index (χ1v) is 11.0. The summed E-state index contributed by atoms with van der Waals surface area (Å²) in [4.78, 5) is 20.0. The highest BCUT2D eigenvalue weighted by atomic mass is 79.9. The molecule has 1 amide bonds. The largest absolute Gasteiger partial charge is 0.324 e. The average Bonchev–Trinajstić information content (AvgIpc) is 3.33. The summed E-state index contributed by atoms with van der Waals surface area (Å²) in [5, 5.41) is 2.71. The van der Waals surface area contributed by atoms with Crippen LogP contribution >= 0.6 is 27.3 Å². The van der Waals surface area contributed by atoms with Crippen LogP contribution in [0.15, 0.2) is 44.4 Å². The molecule has 136 valence electrons. The van der Waals surface area contributed by atoms with Crippen LogP contribution in [0.25, 0.3) is 11.0 Å². The van der Waals surface area contributed by atoms with Crippen LogP contribution in [0.2, 0.25) is 0 Å². The number of rotatable bonds is 4. The highest BCUT2D eigenvalue weighted by Crippen LogP contribution is 2.32. The minimum Gasteiger partial charge on any atom is -0.324 e. The van der Waals surface area contributed by atoms with Crippen molar-refractivity contribution in [2.45, 2.75) is 23.1 Å². The zero-order valence-corrected chi connectivity index (χ0v) is 16.7. The number of fused-ring (bicyclic) bond motifs is 1. The van der Waals surface area contributed by atoms with E-state index in [4.69, 9.17) is 0 Å². The highest BCUT2D eigenvalue weighted by Gasteiger charge is 2.40. The van der Waals surface area contributed by atoms with Crippen LogP contribution in [0.4, 0.5) is 5.95 Å². The number of thiophene rings is 1. The van der Waals surface area contributed by atoms with E-state index in [2.05, 4.69) is 31.2 Å². The Bertz CT molecular complexity index is 1040. The number of hydrogen-bond donors (Lipinski definition) is 2. The Morgan fingerprint density at radius 2 is 2.12 bits per heavy atom. The number of aromatic amines is 1. The summed E-state index contributed by atoms with van der Waals surface area (Å²) in [6.45, 7) is 0.329. The number of sulfonamides is 1. The van der Waals surface area contributed by atoms with Crippen molar-refractivity contribution in [1.29, 1.82) is 0 Å². The van der Waals surface area contributed by atoms with Gasteiger partial charge in [-0.1, -0.05) is 12.1 Å². The molecule has 1 saturated heterocycles. The fourth-order valence-electron chi connectivity index (χ4n) is 3.05. The molecule has 1 aliphatic rings.